The van der Waals surface area contributed by atoms with Gasteiger partial charge in [-0.1, -0.05) is 96.1 Å². The number of hydrogen-bond acceptors (Lipinski definition) is 0. The summed E-state index contributed by atoms with van der Waals surface area (Å²) in [6, 6.07) is 45.2. The van der Waals surface area contributed by atoms with Crippen LogP contribution in [0.4, 0.5) is 0 Å². The van der Waals surface area contributed by atoms with Gasteiger partial charge in [0.2, 0.25) is 0 Å². The molecule has 2 N–H and O–H groups in total. The Hall–Kier alpha value is -5.60. The van der Waals surface area contributed by atoms with Crippen LogP contribution in [-0.2, 0) is 0 Å². The summed E-state index contributed by atoms with van der Waals surface area (Å²) in [6.45, 7) is 4.41. The highest BCUT2D eigenvalue weighted by molar-refractivity contribution is 6.36. The molecule has 2 aliphatic carbocycles. The van der Waals surface area contributed by atoms with E-state index in [4.69, 9.17) is 0 Å². The predicted molar refractivity (Wildman–Crippen MR) is 186 cm³/mol. The summed E-state index contributed by atoms with van der Waals surface area (Å²) < 4.78 is 0. The molecule has 2 nitrogen and oxygen atoms in total. The van der Waals surface area contributed by atoms with Crippen LogP contribution < -0.4 is 0 Å². The number of rotatable bonds is 2. The Bertz CT molecular complexity index is 2430. The Morgan fingerprint density at radius 3 is 1.25 bits per heavy atom. The number of aromatic amines is 2. The first-order chi connectivity index (χ1) is 21.6. The first kappa shape index (κ1) is 23.9. The van der Waals surface area contributed by atoms with Crippen molar-refractivity contribution in [3.8, 4) is 0 Å². The molecule has 0 saturated carbocycles. The van der Waals surface area contributed by atoms with Crippen LogP contribution in [0.25, 0.3) is 65.9 Å². The molecule has 0 amide bonds. The third-order valence-electron chi connectivity index (χ3n) is 9.77. The molecule has 0 bridgehead atoms. The standard InChI is InChI=1S/C42H28N2/c1-23-11-15-29-33(19-23)39(25-13-17-37-31(21-25)27-7-3-5-9-35(27)43-37)42-30-16-12-24(2)20-34(30)40(41(29)42)26-14-18-38-32(22-26)28-8-4-6-10-36(28)44-38/h3-22,43-44H,1-2H3. The van der Waals surface area contributed by atoms with E-state index in [2.05, 4.69) is 145 Å². The van der Waals surface area contributed by atoms with Crippen LogP contribution in [0.1, 0.15) is 44.5 Å². The van der Waals surface area contributed by atoms with Crippen LogP contribution in [0.3, 0.4) is 0 Å². The zero-order valence-electron chi connectivity index (χ0n) is 24.5. The maximum Gasteiger partial charge on any atom is 0.0465 e. The number of aromatic nitrogens is 2. The SMILES string of the molecule is Cc1ccc2c(c1)C(c1ccc3[nH]c4ccccc4c3c1)=C1C2=C(c2ccc3[nH]c4ccccc4c3c2)c2cc(C)ccc21. The summed E-state index contributed by atoms with van der Waals surface area (Å²) in [6.07, 6.45) is 0. The third kappa shape index (κ3) is 3.15. The van der Waals surface area contributed by atoms with Crippen molar-refractivity contribution < 1.29 is 0 Å². The van der Waals surface area contributed by atoms with Crippen molar-refractivity contribution in [2.24, 2.45) is 0 Å². The zero-order chi connectivity index (χ0) is 29.1. The van der Waals surface area contributed by atoms with E-state index in [0.717, 1.165) is 0 Å². The van der Waals surface area contributed by atoms with Crippen molar-refractivity contribution in [1.29, 1.82) is 0 Å². The normalized spacial score (nSPS) is 14.0. The molecule has 6 aromatic carbocycles. The first-order valence-electron chi connectivity index (χ1n) is 15.4. The van der Waals surface area contributed by atoms with Gasteiger partial charge in [0, 0.05) is 43.6 Å². The highest BCUT2D eigenvalue weighted by atomic mass is 14.7. The number of hydrogen-bond donors (Lipinski definition) is 2. The maximum absolute atomic E-state index is 3.62. The maximum atomic E-state index is 3.62. The molecule has 206 valence electrons. The number of nitrogens with one attached hydrogen (secondary N) is 2. The Morgan fingerprint density at radius 1 is 0.341 bits per heavy atom. The van der Waals surface area contributed by atoms with Crippen molar-refractivity contribution in [3.05, 3.63) is 166 Å². The van der Waals surface area contributed by atoms with Crippen molar-refractivity contribution in [3.63, 3.8) is 0 Å². The van der Waals surface area contributed by atoms with E-state index in [1.165, 1.54) is 110 Å². The number of fused-ring (bicyclic) bond motifs is 11. The lowest BCUT2D eigenvalue weighted by Crippen LogP contribution is -1.94. The molecule has 0 saturated heterocycles. The molecule has 0 spiro atoms. The van der Waals surface area contributed by atoms with E-state index >= 15 is 0 Å². The van der Waals surface area contributed by atoms with Gasteiger partial charge in [-0.3, -0.25) is 0 Å². The lowest BCUT2D eigenvalue weighted by atomic mass is 9.90. The minimum absolute atomic E-state index is 1.17. The summed E-state index contributed by atoms with van der Waals surface area (Å²) in [5.74, 6) is 0. The van der Waals surface area contributed by atoms with Crippen LogP contribution in [-0.4, -0.2) is 9.97 Å². The molecule has 2 aromatic heterocycles. The fourth-order valence-electron chi connectivity index (χ4n) is 7.83. The molecule has 10 rings (SSSR count). The fraction of sp³-hybridized carbons (Fsp3) is 0.0476. The van der Waals surface area contributed by atoms with Crippen LogP contribution in [0.15, 0.2) is 121 Å². The molecule has 2 heteroatoms. The van der Waals surface area contributed by atoms with Crippen molar-refractivity contribution in [1.82, 2.24) is 9.97 Å². The van der Waals surface area contributed by atoms with Crippen LogP contribution in [0.2, 0.25) is 0 Å². The smallest absolute Gasteiger partial charge is 0.0465 e. The highest BCUT2D eigenvalue weighted by Crippen LogP contribution is 2.59. The van der Waals surface area contributed by atoms with E-state index in [1.807, 2.05) is 0 Å². The molecule has 44 heavy (non-hydrogen) atoms. The van der Waals surface area contributed by atoms with Crippen molar-refractivity contribution >= 4 is 65.9 Å². The fourth-order valence-corrected chi connectivity index (χ4v) is 7.83. The average Bonchev–Trinajstić information content (AvgIpc) is 3.77. The van der Waals surface area contributed by atoms with Gasteiger partial charge in [-0.25, -0.2) is 0 Å². The largest absolute Gasteiger partial charge is 0.355 e. The van der Waals surface area contributed by atoms with Crippen molar-refractivity contribution in [2.75, 3.05) is 0 Å². The quantitative estimate of drug-likeness (QED) is 0.211. The summed E-state index contributed by atoms with van der Waals surface area (Å²) in [5.41, 5.74) is 20.5. The van der Waals surface area contributed by atoms with Gasteiger partial charge in [0.15, 0.2) is 0 Å². The number of para-hydroxylation sites is 2. The van der Waals surface area contributed by atoms with Gasteiger partial charge < -0.3 is 9.97 Å². The number of aryl methyl sites for hydroxylation is 2. The minimum Gasteiger partial charge on any atom is -0.355 e. The van der Waals surface area contributed by atoms with Gasteiger partial charge in [-0.2, -0.15) is 0 Å². The average molecular weight is 561 g/mol. The monoisotopic (exact) mass is 560 g/mol. The third-order valence-corrected chi connectivity index (χ3v) is 9.77. The summed E-state index contributed by atoms with van der Waals surface area (Å²) in [7, 11) is 0. The molecule has 8 aromatic rings. The van der Waals surface area contributed by atoms with Gasteiger partial charge in [0.05, 0.1) is 0 Å². The molecule has 0 radical (unpaired) electrons. The van der Waals surface area contributed by atoms with Gasteiger partial charge in [-0.15, -0.1) is 0 Å². The van der Waals surface area contributed by atoms with Gasteiger partial charge in [-0.05, 0) is 106 Å². The molecule has 0 unspecified atom stereocenters. The second kappa shape index (κ2) is 8.49. The first-order valence-corrected chi connectivity index (χ1v) is 15.4. The Labute approximate surface area is 255 Å². The summed E-state index contributed by atoms with van der Waals surface area (Å²) in [4.78, 5) is 7.24. The molecule has 0 fully saturated rings. The number of H-pyrrole nitrogens is 2. The van der Waals surface area contributed by atoms with E-state index in [1.54, 1.807) is 0 Å². The van der Waals surface area contributed by atoms with Gasteiger partial charge >= 0.3 is 0 Å². The minimum atomic E-state index is 1.17. The van der Waals surface area contributed by atoms with E-state index in [9.17, 15) is 0 Å². The highest BCUT2D eigenvalue weighted by Gasteiger charge is 2.37. The van der Waals surface area contributed by atoms with Gasteiger partial charge in [0.1, 0.15) is 0 Å². The summed E-state index contributed by atoms with van der Waals surface area (Å²) >= 11 is 0. The molecule has 0 atom stereocenters. The van der Waals surface area contributed by atoms with Gasteiger partial charge in [0.25, 0.3) is 0 Å². The van der Waals surface area contributed by atoms with E-state index in [0.29, 0.717) is 0 Å². The number of allylic oxidation sites excluding steroid dienone is 2. The van der Waals surface area contributed by atoms with E-state index < -0.39 is 0 Å². The Morgan fingerprint density at radius 2 is 0.773 bits per heavy atom. The van der Waals surface area contributed by atoms with E-state index in [-0.39, 0.29) is 0 Å². The molecular formula is C42H28N2. The second-order valence-corrected chi connectivity index (χ2v) is 12.5. The van der Waals surface area contributed by atoms with Crippen molar-refractivity contribution in [2.45, 2.75) is 13.8 Å². The second-order valence-electron chi connectivity index (χ2n) is 12.5. The lowest BCUT2D eigenvalue weighted by Gasteiger charge is -2.13. The zero-order valence-corrected chi connectivity index (χ0v) is 24.5. The van der Waals surface area contributed by atoms with Crippen LogP contribution in [0, 0.1) is 13.8 Å². The predicted octanol–water partition coefficient (Wildman–Crippen LogP) is 10.8. The Balaban J connectivity index is 1.32. The molecule has 2 aliphatic rings. The number of benzene rings is 6. The molecular weight excluding hydrogens is 532 g/mol. The summed E-state index contributed by atoms with van der Waals surface area (Å²) in [5, 5.41) is 5.07. The van der Waals surface area contributed by atoms with Crippen LogP contribution in [0.5, 0.6) is 0 Å². The Kier molecular flexibility index (Phi) is 4.61. The topological polar surface area (TPSA) is 31.6 Å². The lowest BCUT2D eigenvalue weighted by molar-refractivity contribution is 1.42. The molecule has 2 heterocycles. The van der Waals surface area contributed by atoms with Crippen LogP contribution >= 0.6 is 0 Å². The molecule has 0 aliphatic heterocycles.